The van der Waals surface area contributed by atoms with Gasteiger partial charge in [-0.15, -0.1) is 0 Å². The molecule has 0 heterocycles. The van der Waals surface area contributed by atoms with Crippen LogP contribution in [0.2, 0.25) is 0 Å². The zero-order valence-electron chi connectivity index (χ0n) is 11.0. The van der Waals surface area contributed by atoms with Gasteiger partial charge < -0.3 is 16.6 Å². The Balaban J connectivity index is 2.58. The Bertz CT molecular complexity index is 844. The summed E-state index contributed by atoms with van der Waals surface area (Å²) in [5, 5.41) is 12.5. The van der Waals surface area contributed by atoms with Crippen LogP contribution in [0.5, 0.6) is 5.75 Å². The Morgan fingerprint density at radius 2 is 1.24 bits per heavy atom. The van der Waals surface area contributed by atoms with Gasteiger partial charge in [0, 0.05) is 10.8 Å². The predicted molar refractivity (Wildman–Crippen MR) is 80.2 cm³/mol. The van der Waals surface area contributed by atoms with Crippen LogP contribution in [0.4, 0.5) is 0 Å². The molecular weight excluding hydrogens is 268 g/mol. The standard InChI is InChI=1S/C16H12N2O3/c17-15(20)10-5-1-3-8-7-9-4-2-6-11(16(18)21)13(9)14(19)12(8)10/h1-7,19H,(H2,17,20)(H2,18,21). The van der Waals surface area contributed by atoms with E-state index in [0.29, 0.717) is 21.5 Å². The highest BCUT2D eigenvalue weighted by Crippen LogP contribution is 2.37. The van der Waals surface area contributed by atoms with E-state index >= 15 is 0 Å². The molecule has 3 aromatic rings. The first-order valence-corrected chi connectivity index (χ1v) is 6.27. The molecule has 0 unspecified atom stereocenters. The molecule has 0 spiro atoms. The van der Waals surface area contributed by atoms with E-state index in [-0.39, 0.29) is 16.9 Å². The third-order valence-corrected chi connectivity index (χ3v) is 3.51. The minimum atomic E-state index is -0.646. The van der Waals surface area contributed by atoms with Gasteiger partial charge in [-0.05, 0) is 29.0 Å². The molecule has 0 aliphatic carbocycles. The van der Waals surface area contributed by atoms with Crippen LogP contribution in [0.3, 0.4) is 0 Å². The van der Waals surface area contributed by atoms with Crippen molar-refractivity contribution in [2.45, 2.75) is 0 Å². The fourth-order valence-electron chi connectivity index (χ4n) is 2.61. The summed E-state index contributed by atoms with van der Waals surface area (Å²) in [6, 6.07) is 11.7. The van der Waals surface area contributed by atoms with Gasteiger partial charge in [0.25, 0.3) is 0 Å². The lowest BCUT2D eigenvalue weighted by Crippen LogP contribution is -2.12. The number of amides is 2. The van der Waals surface area contributed by atoms with Gasteiger partial charge >= 0.3 is 0 Å². The van der Waals surface area contributed by atoms with Crippen molar-refractivity contribution in [2.75, 3.05) is 0 Å². The summed E-state index contributed by atoms with van der Waals surface area (Å²) in [6.07, 6.45) is 0. The van der Waals surface area contributed by atoms with Crippen molar-refractivity contribution in [3.63, 3.8) is 0 Å². The van der Waals surface area contributed by atoms with Crippen molar-refractivity contribution < 1.29 is 14.7 Å². The lowest BCUT2D eigenvalue weighted by atomic mass is 9.95. The van der Waals surface area contributed by atoms with E-state index in [0.717, 1.165) is 0 Å². The lowest BCUT2D eigenvalue weighted by molar-refractivity contribution is 0.0993. The highest BCUT2D eigenvalue weighted by molar-refractivity contribution is 6.18. The smallest absolute Gasteiger partial charge is 0.249 e. The van der Waals surface area contributed by atoms with E-state index < -0.39 is 11.8 Å². The minimum absolute atomic E-state index is 0.161. The van der Waals surface area contributed by atoms with Crippen molar-refractivity contribution >= 4 is 33.4 Å². The number of fused-ring (bicyclic) bond motifs is 2. The van der Waals surface area contributed by atoms with Gasteiger partial charge in [-0.2, -0.15) is 0 Å². The number of nitrogens with two attached hydrogens (primary N) is 2. The molecule has 0 aliphatic rings. The molecule has 0 saturated heterocycles. The first kappa shape index (κ1) is 12.9. The zero-order chi connectivity index (χ0) is 15.1. The van der Waals surface area contributed by atoms with Gasteiger partial charge in [0.15, 0.2) is 0 Å². The second kappa shape index (κ2) is 4.49. The van der Waals surface area contributed by atoms with E-state index in [2.05, 4.69) is 0 Å². The topological polar surface area (TPSA) is 106 Å². The molecule has 0 bridgehead atoms. The van der Waals surface area contributed by atoms with Crippen LogP contribution in [0.1, 0.15) is 20.7 Å². The monoisotopic (exact) mass is 280 g/mol. The number of benzene rings is 3. The Morgan fingerprint density at radius 1 is 0.810 bits per heavy atom. The number of phenols is 1. The maximum atomic E-state index is 11.5. The highest BCUT2D eigenvalue weighted by Gasteiger charge is 2.17. The predicted octanol–water partition coefficient (Wildman–Crippen LogP) is 1.90. The second-order valence-electron chi connectivity index (χ2n) is 4.76. The molecule has 3 rings (SSSR count). The van der Waals surface area contributed by atoms with Gasteiger partial charge in [0.05, 0.1) is 11.1 Å². The molecule has 0 radical (unpaired) electrons. The van der Waals surface area contributed by atoms with Crippen LogP contribution >= 0.6 is 0 Å². The zero-order valence-corrected chi connectivity index (χ0v) is 11.0. The second-order valence-corrected chi connectivity index (χ2v) is 4.76. The molecular formula is C16H12N2O3. The molecule has 0 fully saturated rings. The average molecular weight is 280 g/mol. The summed E-state index contributed by atoms with van der Waals surface area (Å²) in [4.78, 5) is 23.1. The summed E-state index contributed by atoms with van der Waals surface area (Å²) < 4.78 is 0. The number of carbonyl (C=O) groups is 2. The van der Waals surface area contributed by atoms with Crippen molar-refractivity contribution in [3.05, 3.63) is 53.6 Å². The molecule has 2 amide bonds. The number of phenolic OH excluding ortho intramolecular Hbond substituents is 1. The van der Waals surface area contributed by atoms with Crippen LogP contribution in [0.15, 0.2) is 42.5 Å². The van der Waals surface area contributed by atoms with Crippen molar-refractivity contribution in [2.24, 2.45) is 11.5 Å². The van der Waals surface area contributed by atoms with Crippen LogP contribution in [-0.4, -0.2) is 16.9 Å². The Morgan fingerprint density at radius 3 is 1.62 bits per heavy atom. The average Bonchev–Trinajstić information content (AvgIpc) is 2.45. The number of primary amides is 2. The van der Waals surface area contributed by atoms with E-state index in [1.54, 1.807) is 30.3 Å². The third kappa shape index (κ3) is 1.87. The molecule has 0 atom stereocenters. The van der Waals surface area contributed by atoms with E-state index in [4.69, 9.17) is 11.5 Å². The molecule has 5 N–H and O–H groups in total. The van der Waals surface area contributed by atoms with E-state index in [9.17, 15) is 14.7 Å². The Hall–Kier alpha value is -3.08. The summed E-state index contributed by atoms with van der Waals surface area (Å²) in [5.74, 6) is -1.45. The molecule has 0 aromatic heterocycles. The largest absolute Gasteiger partial charge is 0.507 e. The number of hydrogen-bond donors (Lipinski definition) is 3. The molecule has 5 heteroatoms. The Kier molecular flexibility index (Phi) is 2.76. The summed E-state index contributed by atoms with van der Waals surface area (Å²) >= 11 is 0. The van der Waals surface area contributed by atoms with Crippen LogP contribution in [-0.2, 0) is 0 Å². The SMILES string of the molecule is NC(=O)c1cccc2cc3cccc(C(N)=O)c3c(O)c12. The minimum Gasteiger partial charge on any atom is -0.507 e. The lowest BCUT2D eigenvalue weighted by Gasteiger charge is -2.11. The van der Waals surface area contributed by atoms with Gasteiger partial charge in [-0.25, -0.2) is 0 Å². The van der Waals surface area contributed by atoms with Crippen LogP contribution < -0.4 is 11.5 Å². The van der Waals surface area contributed by atoms with Gasteiger partial charge in [-0.3, -0.25) is 9.59 Å². The molecule has 21 heavy (non-hydrogen) atoms. The quantitative estimate of drug-likeness (QED) is 0.624. The maximum Gasteiger partial charge on any atom is 0.249 e. The first-order chi connectivity index (χ1) is 10.0. The Labute approximate surface area is 119 Å². The highest BCUT2D eigenvalue weighted by atomic mass is 16.3. The summed E-state index contributed by atoms with van der Waals surface area (Å²) in [5.41, 5.74) is 11.1. The maximum absolute atomic E-state index is 11.5. The molecule has 5 nitrogen and oxygen atoms in total. The van der Waals surface area contributed by atoms with E-state index in [1.165, 1.54) is 12.1 Å². The molecule has 0 aliphatic heterocycles. The molecule has 0 saturated carbocycles. The van der Waals surface area contributed by atoms with Crippen molar-refractivity contribution in [1.82, 2.24) is 0 Å². The van der Waals surface area contributed by atoms with Crippen molar-refractivity contribution in [3.8, 4) is 5.75 Å². The van der Waals surface area contributed by atoms with Gasteiger partial charge in [0.1, 0.15) is 5.75 Å². The number of hydrogen-bond acceptors (Lipinski definition) is 3. The summed E-state index contributed by atoms with van der Waals surface area (Å²) in [6.45, 7) is 0. The van der Waals surface area contributed by atoms with Crippen LogP contribution in [0.25, 0.3) is 21.5 Å². The summed E-state index contributed by atoms with van der Waals surface area (Å²) in [7, 11) is 0. The fraction of sp³-hybridized carbons (Fsp3) is 0. The molecule has 3 aromatic carbocycles. The molecule has 104 valence electrons. The van der Waals surface area contributed by atoms with Gasteiger partial charge in [-0.1, -0.05) is 24.3 Å². The normalized spacial score (nSPS) is 10.9. The van der Waals surface area contributed by atoms with Crippen LogP contribution in [0, 0.1) is 0 Å². The van der Waals surface area contributed by atoms with E-state index in [1.807, 2.05) is 0 Å². The fourth-order valence-corrected chi connectivity index (χ4v) is 2.61. The number of rotatable bonds is 2. The van der Waals surface area contributed by atoms with Crippen molar-refractivity contribution in [1.29, 1.82) is 0 Å². The first-order valence-electron chi connectivity index (χ1n) is 6.27. The third-order valence-electron chi connectivity index (χ3n) is 3.51. The number of aromatic hydroxyl groups is 1. The number of carbonyl (C=O) groups excluding carboxylic acids is 2. The van der Waals surface area contributed by atoms with Gasteiger partial charge in [0.2, 0.25) is 11.8 Å².